The van der Waals surface area contributed by atoms with Crippen molar-refractivity contribution in [1.82, 2.24) is 9.79 Å². The molecule has 0 aromatic heterocycles. The molecular weight excluding hydrogens is 299 g/mol. The van der Waals surface area contributed by atoms with Crippen molar-refractivity contribution in [1.29, 1.82) is 0 Å². The molecule has 0 amide bonds. The molecule has 1 heterocycles. The first-order valence-electron chi connectivity index (χ1n) is 6.71. The molecule has 21 heavy (non-hydrogen) atoms. The highest BCUT2D eigenvalue weighted by atomic mass is 32.2. The molecule has 0 bridgehead atoms. The van der Waals surface area contributed by atoms with Crippen LogP contribution in [0.5, 0.6) is 0 Å². The summed E-state index contributed by atoms with van der Waals surface area (Å²) < 4.78 is 41.5. The van der Waals surface area contributed by atoms with Gasteiger partial charge in [-0.15, -0.1) is 0 Å². The molecule has 118 valence electrons. The molecule has 0 radical (unpaired) electrons. The standard InChI is InChI=1S/C13H19FN2O4S/c14-13-3-1-12(2-4-13)11-21(17,18)15-20-10-7-16-5-8-19-9-6-16/h1-4,15H,5-11H2. The van der Waals surface area contributed by atoms with Crippen LogP contribution in [0.4, 0.5) is 4.39 Å². The minimum absolute atomic E-state index is 0.245. The molecular formula is C13H19FN2O4S. The van der Waals surface area contributed by atoms with Gasteiger partial charge in [-0.2, -0.15) is 0 Å². The smallest absolute Gasteiger partial charge is 0.237 e. The van der Waals surface area contributed by atoms with Gasteiger partial charge in [0.05, 0.1) is 25.6 Å². The Balaban J connectivity index is 1.69. The number of hydrogen-bond acceptors (Lipinski definition) is 5. The number of rotatable bonds is 7. The van der Waals surface area contributed by atoms with Crippen molar-refractivity contribution in [2.75, 3.05) is 39.5 Å². The molecule has 2 rings (SSSR count). The normalized spacial score (nSPS) is 17.0. The summed E-state index contributed by atoms with van der Waals surface area (Å²) in [4.78, 5) is 9.22. The Hall–Kier alpha value is -1.06. The molecule has 1 saturated heterocycles. The van der Waals surface area contributed by atoms with Crippen LogP contribution in [-0.4, -0.2) is 52.8 Å². The Bertz CT molecular complexity index is 530. The number of benzene rings is 1. The molecule has 1 aromatic rings. The first kappa shape index (κ1) is 16.3. The van der Waals surface area contributed by atoms with Crippen molar-refractivity contribution in [2.24, 2.45) is 0 Å². The fourth-order valence-corrected chi connectivity index (χ4v) is 2.91. The molecule has 1 aliphatic rings. The molecule has 1 aromatic carbocycles. The highest BCUT2D eigenvalue weighted by Gasteiger charge is 2.13. The van der Waals surface area contributed by atoms with E-state index in [0.29, 0.717) is 25.3 Å². The number of halogens is 1. The van der Waals surface area contributed by atoms with Crippen LogP contribution in [0.15, 0.2) is 24.3 Å². The number of hydrogen-bond donors (Lipinski definition) is 1. The second-order valence-corrected chi connectivity index (χ2v) is 6.46. The molecule has 1 aliphatic heterocycles. The van der Waals surface area contributed by atoms with Crippen molar-refractivity contribution in [3.63, 3.8) is 0 Å². The minimum Gasteiger partial charge on any atom is -0.379 e. The van der Waals surface area contributed by atoms with Gasteiger partial charge in [-0.05, 0) is 17.7 Å². The Morgan fingerprint density at radius 1 is 1.24 bits per heavy atom. The van der Waals surface area contributed by atoms with Gasteiger partial charge in [0.25, 0.3) is 0 Å². The third kappa shape index (κ3) is 6.06. The topological polar surface area (TPSA) is 67.9 Å². The second-order valence-electron chi connectivity index (χ2n) is 4.77. The predicted octanol–water partition coefficient (Wildman–Crippen LogP) is 0.509. The van der Waals surface area contributed by atoms with Gasteiger partial charge in [0.1, 0.15) is 5.82 Å². The lowest BCUT2D eigenvalue weighted by Crippen LogP contribution is -2.39. The Labute approximate surface area is 123 Å². The van der Waals surface area contributed by atoms with Crippen LogP contribution < -0.4 is 4.89 Å². The van der Waals surface area contributed by atoms with E-state index in [0.717, 1.165) is 13.1 Å². The first-order chi connectivity index (χ1) is 10.1. The largest absolute Gasteiger partial charge is 0.379 e. The highest BCUT2D eigenvalue weighted by molar-refractivity contribution is 7.88. The molecule has 0 unspecified atom stereocenters. The van der Waals surface area contributed by atoms with Gasteiger partial charge in [-0.1, -0.05) is 17.0 Å². The molecule has 8 heteroatoms. The van der Waals surface area contributed by atoms with Crippen molar-refractivity contribution in [3.8, 4) is 0 Å². The third-order valence-corrected chi connectivity index (χ3v) is 4.15. The van der Waals surface area contributed by atoms with Crippen molar-refractivity contribution < 1.29 is 22.4 Å². The van der Waals surface area contributed by atoms with Gasteiger partial charge >= 0.3 is 0 Å². The summed E-state index contributed by atoms with van der Waals surface area (Å²) in [6.07, 6.45) is 0. The summed E-state index contributed by atoms with van der Waals surface area (Å²) in [6, 6.07) is 5.32. The number of nitrogens with one attached hydrogen (secondary N) is 1. The van der Waals surface area contributed by atoms with Crippen LogP contribution in [0.25, 0.3) is 0 Å². The Morgan fingerprint density at radius 2 is 1.90 bits per heavy atom. The van der Waals surface area contributed by atoms with E-state index in [1.165, 1.54) is 24.3 Å². The van der Waals surface area contributed by atoms with E-state index in [4.69, 9.17) is 9.57 Å². The lowest BCUT2D eigenvalue weighted by molar-refractivity contribution is 0.0125. The number of sulfonamides is 1. The van der Waals surface area contributed by atoms with E-state index >= 15 is 0 Å². The van der Waals surface area contributed by atoms with Gasteiger partial charge in [0.2, 0.25) is 10.0 Å². The van der Waals surface area contributed by atoms with Gasteiger partial charge in [0, 0.05) is 19.6 Å². The maximum absolute atomic E-state index is 12.7. The lowest BCUT2D eigenvalue weighted by Gasteiger charge is -2.26. The van der Waals surface area contributed by atoms with Crippen LogP contribution in [0.2, 0.25) is 0 Å². The SMILES string of the molecule is O=S(=O)(Cc1ccc(F)cc1)NOCCN1CCOCC1. The molecule has 0 saturated carbocycles. The van der Waals surface area contributed by atoms with E-state index in [1.807, 2.05) is 0 Å². The number of nitrogens with zero attached hydrogens (tertiary/aromatic N) is 1. The van der Waals surface area contributed by atoms with E-state index in [-0.39, 0.29) is 12.4 Å². The van der Waals surface area contributed by atoms with Gasteiger partial charge in [-0.25, -0.2) is 12.8 Å². The summed E-state index contributed by atoms with van der Waals surface area (Å²) in [5, 5.41) is 0. The third-order valence-electron chi connectivity index (χ3n) is 3.07. The van der Waals surface area contributed by atoms with E-state index in [9.17, 15) is 12.8 Å². The number of ether oxygens (including phenoxy) is 1. The first-order valence-corrected chi connectivity index (χ1v) is 8.36. The highest BCUT2D eigenvalue weighted by Crippen LogP contribution is 2.06. The summed E-state index contributed by atoms with van der Waals surface area (Å²) in [5.41, 5.74) is 0.501. The predicted molar refractivity (Wildman–Crippen MR) is 75.4 cm³/mol. The molecule has 0 atom stereocenters. The minimum atomic E-state index is -3.59. The Morgan fingerprint density at radius 3 is 2.57 bits per heavy atom. The van der Waals surface area contributed by atoms with Gasteiger partial charge in [-0.3, -0.25) is 9.74 Å². The second kappa shape index (κ2) is 7.81. The van der Waals surface area contributed by atoms with Crippen LogP contribution in [0, 0.1) is 5.82 Å². The summed E-state index contributed by atoms with van der Waals surface area (Å²) >= 11 is 0. The van der Waals surface area contributed by atoms with Gasteiger partial charge in [0.15, 0.2) is 0 Å². The summed E-state index contributed by atoms with van der Waals surface area (Å²) in [5.74, 6) is -0.643. The van der Waals surface area contributed by atoms with Crippen molar-refractivity contribution in [2.45, 2.75) is 5.75 Å². The maximum Gasteiger partial charge on any atom is 0.237 e. The zero-order valence-corrected chi connectivity index (χ0v) is 12.4. The van der Waals surface area contributed by atoms with Crippen LogP contribution in [-0.2, 0) is 25.4 Å². The van der Waals surface area contributed by atoms with Gasteiger partial charge < -0.3 is 4.74 Å². The quantitative estimate of drug-likeness (QED) is 0.586. The van der Waals surface area contributed by atoms with Crippen LogP contribution in [0.3, 0.4) is 0 Å². The summed E-state index contributed by atoms with van der Waals surface area (Å²) in [7, 11) is -3.59. The van der Waals surface area contributed by atoms with Crippen LogP contribution >= 0.6 is 0 Å². The molecule has 1 N–H and O–H groups in total. The average molecular weight is 318 g/mol. The monoisotopic (exact) mass is 318 g/mol. The fourth-order valence-electron chi connectivity index (χ4n) is 1.96. The molecule has 1 fully saturated rings. The fraction of sp³-hybridized carbons (Fsp3) is 0.538. The lowest BCUT2D eigenvalue weighted by atomic mass is 10.2. The van der Waals surface area contributed by atoms with Crippen molar-refractivity contribution in [3.05, 3.63) is 35.6 Å². The molecule has 6 nitrogen and oxygen atoms in total. The van der Waals surface area contributed by atoms with Crippen molar-refractivity contribution >= 4 is 10.0 Å². The van der Waals surface area contributed by atoms with Crippen LogP contribution in [0.1, 0.15) is 5.56 Å². The van der Waals surface area contributed by atoms with E-state index in [2.05, 4.69) is 9.79 Å². The van der Waals surface area contributed by atoms with E-state index in [1.54, 1.807) is 0 Å². The van der Waals surface area contributed by atoms with E-state index < -0.39 is 15.8 Å². The molecule has 0 aliphatic carbocycles. The summed E-state index contributed by atoms with van der Waals surface area (Å²) in [6.45, 7) is 3.94. The zero-order valence-electron chi connectivity index (χ0n) is 11.6. The zero-order chi connectivity index (χ0) is 15.1. The molecule has 0 spiro atoms. The average Bonchev–Trinajstić information content (AvgIpc) is 2.47. The number of morpholine rings is 1. The maximum atomic E-state index is 12.7. The Kier molecular flexibility index (Phi) is 6.07.